The van der Waals surface area contributed by atoms with Crippen molar-refractivity contribution in [2.45, 2.75) is 29.7 Å². The molecule has 10 heteroatoms. The van der Waals surface area contributed by atoms with Crippen LogP contribution in [-0.2, 0) is 15.8 Å². The Hall–Kier alpha value is -2.95. The molecule has 0 amide bonds. The maximum Gasteiger partial charge on any atom is 0.277 e. The summed E-state index contributed by atoms with van der Waals surface area (Å²) in [5.74, 6) is 1.31. The van der Waals surface area contributed by atoms with Crippen LogP contribution in [0.2, 0.25) is 0 Å². The third-order valence-corrected chi connectivity index (χ3v) is 7.64. The van der Waals surface area contributed by atoms with Crippen LogP contribution in [0.5, 0.6) is 0 Å². The van der Waals surface area contributed by atoms with E-state index >= 15 is 0 Å². The number of hydrogen-bond donors (Lipinski definition) is 0. The van der Waals surface area contributed by atoms with Gasteiger partial charge >= 0.3 is 0 Å². The summed E-state index contributed by atoms with van der Waals surface area (Å²) in [5.41, 5.74) is 2.20. The maximum atomic E-state index is 12.8. The van der Waals surface area contributed by atoms with Crippen LogP contribution in [0.1, 0.15) is 19.5 Å². The molecule has 2 aromatic carbocycles. The number of hydrogen-bond acceptors (Lipinski definition) is 8. The van der Waals surface area contributed by atoms with Crippen molar-refractivity contribution >= 4 is 21.8 Å². The van der Waals surface area contributed by atoms with E-state index in [4.69, 9.17) is 8.83 Å². The van der Waals surface area contributed by atoms with Crippen LogP contribution in [0.15, 0.2) is 79.8 Å². The van der Waals surface area contributed by atoms with Crippen molar-refractivity contribution in [2.24, 2.45) is 0 Å². The quantitative estimate of drug-likeness (QED) is 0.324. The highest BCUT2D eigenvalue weighted by atomic mass is 32.2. The van der Waals surface area contributed by atoms with Gasteiger partial charge in [0.15, 0.2) is 0 Å². The molecule has 0 aliphatic rings. The Morgan fingerprint density at radius 2 is 1.69 bits per heavy atom. The van der Waals surface area contributed by atoms with Gasteiger partial charge in [-0.1, -0.05) is 49.9 Å². The molecule has 2 aromatic heterocycles. The van der Waals surface area contributed by atoms with Crippen molar-refractivity contribution < 1.29 is 17.3 Å². The van der Waals surface area contributed by atoms with Gasteiger partial charge in [-0.2, -0.15) is 4.31 Å². The van der Waals surface area contributed by atoms with Gasteiger partial charge in [-0.15, -0.1) is 10.2 Å². The normalized spacial score (nSPS) is 11.8. The first kappa shape index (κ1) is 22.3. The van der Waals surface area contributed by atoms with E-state index in [2.05, 4.69) is 15.2 Å². The standard InChI is InChI=1S/C22H22N4O4S2/c1-3-26(4-2)32(27,28)19-12-8-11-17(13-19)21-24-25-22(30-21)31-15-18-14-29-20(23-18)16-9-6-5-7-10-16/h5-14H,3-4,15H2,1-2H3. The molecule has 8 nitrogen and oxygen atoms in total. The lowest BCUT2D eigenvalue weighted by molar-refractivity contribution is 0.445. The highest BCUT2D eigenvalue weighted by Crippen LogP contribution is 2.28. The third kappa shape index (κ3) is 4.77. The lowest BCUT2D eigenvalue weighted by Gasteiger charge is -2.18. The molecule has 166 valence electrons. The zero-order chi connectivity index (χ0) is 22.6. The second-order valence-corrected chi connectivity index (χ2v) is 9.65. The predicted octanol–water partition coefficient (Wildman–Crippen LogP) is 4.71. The minimum atomic E-state index is -3.57. The van der Waals surface area contributed by atoms with Gasteiger partial charge in [-0.3, -0.25) is 0 Å². The smallest absolute Gasteiger partial charge is 0.277 e. The van der Waals surface area contributed by atoms with Gasteiger partial charge in [0.1, 0.15) is 6.26 Å². The SMILES string of the molecule is CCN(CC)S(=O)(=O)c1cccc(-c2nnc(SCc3coc(-c4ccccc4)n3)o2)c1. The Kier molecular flexibility index (Phi) is 6.73. The minimum Gasteiger partial charge on any atom is -0.444 e. The zero-order valence-electron chi connectivity index (χ0n) is 17.6. The van der Waals surface area contributed by atoms with E-state index < -0.39 is 10.0 Å². The molecule has 0 fully saturated rings. The van der Waals surface area contributed by atoms with E-state index in [1.807, 2.05) is 44.2 Å². The molecule has 32 heavy (non-hydrogen) atoms. The number of benzene rings is 2. The molecular formula is C22H22N4O4S2. The largest absolute Gasteiger partial charge is 0.444 e. The van der Waals surface area contributed by atoms with Gasteiger partial charge in [0, 0.05) is 30.0 Å². The minimum absolute atomic E-state index is 0.196. The zero-order valence-corrected chi connectivity index (χ0v) is 19.3. The number of rotatable bonds is 9. The third-order valence-electron chi connectivity index (χ3n) is 4.75. The van der Waals surface area contributed by atoms with E-state index in [1.54, 1.807) is 30.5 Å². The summed E-state index contributed by atoms with van der Waals surface area (Å²) in [6.07, 6.45) is 1.61. The van der Waals surface area contributed by atoms with Crippen molar-refractivity contribution in [1.29, 1.82) is 0 Å². The first-order valence-electron chi connectivity index (χ1n) is 10.1. The monoisotopic (exact) mass is 470 g/mol. The molecule has 0 atom stereocenters. The maximum absolute atomic E-state index is 12.8. The van der Waals surface area contributed by atoms with Crippen molar-refractivity contribution in [3.8, 4) is 22.9 Å². The number of thioether (sulfide) groups is 1. The molecule has 4 rings (SSSR count). The summed E-state index contributed by atoms with van der Waals surface area (Å²) in [5, 5.41) is 8.49. The molecular weight excluding hydrogens is 448 g/mol. The first-order chi connectivity index (χ1) is 15.5. The van der Waals surface area contributed by atoms with Crippen molar-refractivity contribution in [1.82, 2.24) is 19.5 Å². The van der Waals surface area contributed by atoms with Gasteiger partial charge in [-0.25, -0.2) is 13.4 Å². The number of sulfonamides is 1. The van der Waals surface area contributed by atoms with E-state index in [0.717, 1.165) is 11.3 Å². The molecule has 0 N–H and O–H groups in total. The van der Waals surface area contributed by atoms with Gasteiger partial charge < -0.3 is 8.83 Å². The number of aromatic nitrogens is 3. The lowest BCUT2D eigenvalue weighted by atomic mass is 10.2. The fraction of sp³-hybridized carbons (Fsp3) is 0.227. The fourth-order valence-corrected chi connectivity index (χ4v) is 5.25. The fourth-order valence-electron chi connectivity index (χ4n) is 3.11. The molecule has 4 aromatic rings. The second kappa shape index (κ2) is 9.68. The van der Waals surface area contributed by atoms with Crippen LogP contribution in [0.3, 0.4) is 0 Å². The Morgan fingerprint density at radius 3 is 2.44 bits per heavy atom. The Morgan fingerprint density at radius 1 is 0.938 bits per heavy atom. The number of oxazole rings is 1. The Balaban J connectivity index is 1.46. The topological polar surface area (TPSA) is 102 Å². The molecule has 0 aliphatic carbocycles. The average molecular weight is 471 g/mol. The van der Waals surface area contributed by atoms with Gasteiger partial charge in [0.05, 0.1) is 10.6 Å². The summed E-state index contributed by atoms with van der Waals surface area (Å²) in [6.45, 7) is 4.42. The molecule has 0 bridgehead atoms. The van der Waals surface area contributed by atoms with Crippen molar-refractivity contribution in [3.63, 3.8) is 0 Å². The predicted molar refractivity (Wildman–Crippen MR) is 121 cm³/mol. The summed E-state index contributed by atoms with van der Waals surface area (Å²) in [4.78, 5) is 4.68. The van der Waals surface area contributed by atoms with Crippen LogP contribution < -0.4 is 0 Å². The average Bonchev–Trinajstić information content (AvgIpc) is 3.49. The summed E-state index contributed by atoms with van der Waals surface area (Å²) in [7, 11) is -3.57. The molecule has 0 saturated heterocycles. The van der Waals surface area contributed by atoms with Gasteiger partial charge in [-0.05, 0) is 30.3 Å². The van der Waals surface area contributed by atoms with E-state index in [-0.39, 0.29) is 10.8 Å². The van der Waals surface area contributed by atoms with E-state index in [1.165, 1.54) is 16.1 Å². The van der Waals surface area contributed by atoms with E-state index in [9.17, 15) is 8.42 Å². The van der Waals surface area contributed by atoms with Gasteiger partial charge in [0.25, 0.3) is 5.22 Å². The van der Waals surface area contributed by atoms with Crippen molar-refractivity contribution in [3.05, 3.63) is 66.6 Å². The highest BCUT2D eigenvalue weighted by molar-refractivity contribution is 7.98. The lowest BCUT2D eigenvalue weighted by Crippen LogP contribution is -2.30. The summed E-state index contributed by atoms with van der Waals surface area (Å²) < 4.78 is 38.3. The molecule has 0 radical (unpaired) electrons. The van der Waals surface area contributed by atoms with Crippen molar-refractivity contribution in [2.75, 3.05) is 13.1 Å². The molecule has 0 saturated carbocycles. The Labute approximate surface area is 190 Å². The van der Waals surface area contributed by atoms with Crippen LogP contribution in [0.25, 0.3) is 22.9 Å². The molecule has 0 spiro atoms. The van der Waals surface area contributed by atoms with Crippen LogP contribution in [0, 0.1) is 0 Å². The summed E-state index contributed by atoms with van der Waals surface area (Å²) in [6, 6.07) is 16.2. The molecule has 0 aliphatic heterocycles. The van der Waals surface area contributed by atoms with Crippen LogP contribution >= 0.6 is 11.8 Å². The van der Waals surface area contributed by atoms with Gasteiger partial charge in [0.2, 0.25) is 21.8 Å². The Bertz CT molecular complexity index is 1280. The second-order valence-electron chi connectivity index (χ2n) is 6.79. The van der Waals surface area contributed by atoms with E-state index in [0.29, 0.717) is 35.5 Å². The highest BCUT2D eigenvalue weighted by Gasteiger charge is 2.22. The molecule has 0 unspecified atom stereocenters. The first-order valence-corrected chi connectivity index (χ1v) is 12.5. The van der Waals surface area contributed by atoms with Crippen LogP contribution in [-0.4, -0.2) is 41.0 Å². The molecule has 2 heterocycles. The summed E-state index contributed by atoms with van der Waals surface area (Å²) >= 11 is 1.33. The van der Waals surface area contributed by atoms with Crippen LogP contribution in [0.4, 0.5) is 0 Å². The number of nitrogens with zero attached hydrogens (tertiary/aromatic N) is 4.